The SMILES string of the molecule is Cc1cc2c(NC3CCCCC3)nc(-c3cccnc3)nc2s1. The molecule has 23 heavy (non-hydrogen) atoms. The average Bonchev–Trinajstić information content (AvgIpc) is 2.97. The normalized spacial score (nSPS) is 15.9. The third-order valence-electron chi connectivity index (χ3n) is 4.38. The van der Waals surface area contributed by atoms with Crippen molar-refractivity contribution < 1.29 is 0 Å². The largest absolute Gasteiger partial charge is 0.367 e. The van der Waals surface area contributed by atoms with Crippen LogP contribution in [0.5, 0.6) is 0 Å². The third-order valence-corrected chi connectivity index (χ3v) is 5.33. The predicted octanol–water partition coefficient (Wildman–Crippen LogP) is 4.81. The lowest BCUT2D eigenvalue weighted by Crippen LogP contribution is -2.23. The van der Waals surface area contributed by atoms with E-state index in [0.717, 1.165) is 27.4 Å². The molecule has 4 nitrogen and oxygen atoms in total. The summed E-state index contributed by atoms with van der Waals surface area (Å²) in [5, 5.41) is 4.83. The van der Waals surface area contributed by atoms with E-state index in [1.807, 2.05) is 18.3 Å². The third kappa shape index (κ3) is 3.06. The fourth-order valence-corrected chi connectivity index (χ4v) is 4.10. The molecule has 1 N–H and O–H groups in total. The van der Waals surface area contributed by atoms with E-state index in [2.05, 4.69) is 23.3 Å². The van der Waals surface area contributed by atoms with Gasteiger partial charge >= 0.3 is 0 Å². The van der Waals surface area contributed by atoms with Gasteiger partial charge in [-0.2, -0.15) is 0 Å². The zero-order chi connectivity index (χ0) is 15.6. The van der Waals surface area contributed by atoms with Gasteiger partial charge in [-0.3, -0.25) is 4.98 Å². The van der Waals surface area contributed by atoms with Crippen molar-refractivity contribution in [3.8, 4) is 11.4 Å². The highest BCUT2D eigenvalue weighted by molar-refractivity contribution is 7.18. The molecule has 0 aliphatic heterocycles. The van der Waals surface area contributed by atoms with Crippen molar-refractivity contribution in [3.63, 3.8) is 0 Å². The summed E-state index contributed by atoms with van der Waals surface area (Å²) in [6, 6.07) is 6.66. The molecule has 4 rings (SSSR count). The minimum Gasteiger partial charge on any atom is -0.367 e. The summed E-state index contributed by atoms with van der Waals surface area (Å²) in [7, 11) is 0. The van der Waals surface area contributed by atoms with Crippen LogP contribution in [0.4, 0.5) is 5.82 Å². The highest BCUT2D eigenvalue weighted by atomic mass is 32.1. The second kappa shape index (κ2) is 6.24. The first-order valence-electron chi connectivity index (χ1n) is 8.25. The van der Waals surface area contributed by atoms with Gasteiger partial charge in [0.2, 0.25) is 0 Å². The van der Waals surface area contributed by atoms with Crippen LogP contribution in [-0.2, 0) is 0 Å². The molecule has 3 aromatic heterocycles. The van der Waals surface area contributed by atoms with Crippen LogP contribution in [0.1, 0.15) is 37.0 Å². The minimum atomic E-state index is 0.531. The van der Waals surface area contributed by atoms with Crippen molar-refractivity contribution in [1.82, 2.24) is 15.0 Å². The van der Waals surface area contributed by atoms with E-state index in [1.165, 1.54) is 37.0 Å². The van der Waals surface area contributed by atoms with Crippen LogP contribution in [0, 0.1) is 6.92 Å². The zero-order valence-corrected chi connectivity index (χ0v) is 14.1. The summed E-state index contributed by atoms with van der Waals surface area (Å²) in [5.74, 6) is 1.73. The van der Waals surface area contributed by atoms with Gasteiger partial charge in [-0.25, -0.2) is 9.97 Å². The van der Waals surface area contributed by atoms with E-state index in [0.29, 0.717) is 6.04 Å². The summed E-state index contributed by atoms with van der Waals surface area (Å²) in [6.07, 6.45) is 10.0. The molecular weight excluding hydrogens is 304 g/mol. The van der Waals surface area contributed by atoms with Gasteiger partial charge in [-0.15, -0.1) is 11.3 Å². The van der Waals surface area contributed by atoms with Gasteiger partial charge < -0.3 is 5.32 Å². The number of hydrogen-bond donors (Lipinski definition) is 1. The molecular formula is C18H20N4S. The summed E-state index contributed by atoms with van der Waals surface area (Å²) in [4.78, 5) is 16.1. The monoisotopic (exact) mass is 324 g/mol. The first kappa shape index (κ1) is 14.6. The summed E-state index contributed by atoms with van der Waals surface area (Å²) < 4.78 is 0. The smallest absolute Gasteiger partial charge is 0.164 e. The first-order chi connectivity index (χ1) is 11.3. The van der Waals surface area contributed by atoms with Crippen molar-refractivity contribution in [2.45, 2.75) is 45.1 Å². The Morgan fingerprint density at radius 2 is 2.04 bits per heavy atom. The second-order valence-electron chi connectivity index (χ2n) is 6.19. The van der Waals surface area contributed by atoms with Crippen LogP contribution in [0.25, 0.3) is 21.6 Å². The lowest BCUT2D eigenvalue weighted by atomic mass is 9.95. The predicted molar refractivity (Wildman–Crippen MR) is 95.9 cm³/mol. The summed E-state index contributed by atoms with van der Waals surface area (Å²) >= 11 is 1.73. The Balaban J connectivity index is 1.77. The molecule has 3 heterocycles. The molecule has 0 amide bonds. The number of nitrogens with zero attached hydrogens (tertiary/aromatic N) is 3. The molecule has 5 heteroatoms. The number of anilines is 1. The second-order valence-corrected chi connectivity index (χ2v) is 7.43. The molecule has 1 aliphatic carbocycles. The lowest BCUT2D eigenvalue weighted by molar-refractivity contribution is 0.462. The number of hydrogen-bond acceptors (Lipinski definition) is 5. The minimum absolute atomic E-state index is 0.531. The Morgan fingerprint density at radius 1 is 1.17 bits per heavy atom. The van der Waals surface area contributed by atoms with Gasteiger partial charge in [0.1, 0.15) is 10.6 Å². The van der Waals surface area contributed by atoms with E-state index >= 15 is 0 Å². The molecule has 0 atom stereocenters. The fraction of sp³-hybridized carbons (Fsp3) is 0.389. The number of aromatic nitrogens is 3. The van der Waals surface area contributed by atoms with E-state index in [9.17, 15) is 0 Å². The summed E-state index contributed by atoms with van der Waals surface area (Å²) in [6.45, 7) is 2.13. The van der Waals surface area contributed by atoms with Gasteiger partial charge in [-0.05, 0) is 38.0 Å². The molecule has 1 aliphatic rings. The Bertz CT molecular complexity index is 807. The fourth-order valence-electron chi connectivity index (χ4n) is 3.22. The topological polar surface area (TPSA) is 50.7 Å². The maximum absolute atomic E-state index is 4.82. The van der Waals surface area contributed by atoms with Crippen molar-refractivity contribution >= 4 is 27.4 Å². The van der Waals surface area contributed by atoms with Crippen LogP contribution in [0.3, 0.4) is 0 Å². The van der Waals surface area contributed by atoms with Crippen molar-refractivity contribution in [2.24, 2.45) is 0 Å². The molecule has 0 saturated heterocycles. The molecule has 118 valence electrons. The van der Waals surface area contributed by atoms with Crippen LogP contribution < -0.4 is 5.32 Å². The van der Waals surface area contributed by atoms with Gasteiger partial charge in [0, 0.05) is 28.9 Å². The quantitative estimate of drug-likeness (QED) is 0.751. The van der Waals surface area contributed by atoms with Crippen molar-refractivity contribution in [2.75, 3.05) is 5.32 Å². The number of fused-ring (bicyclic) bond motifs is 1. The standard InChI is InChI=1S/C18H20N4S/c1-12-10-15-17(20-14-7-3-2-4-8-14)21-16(22-18(15)23-12)13-6-5-9-19-11-13/h5-6,9-11,14H,2-4,7-8H2,1H3,(H,20,21,22). The Morgan fingerprint density at radius 3 is 2.83 bits per heavy atom. The number of thiophene rings is 1. The van der Waals surface area contributed by atoms with E-state index in [-0.39, 0.29) is 0 Å². The molecule has 1 fully saturated rings. The number of rotatable bonds is 3. The highest BCUT2D eigenvalue weighted by Gasteiger charge is 2.17. The average molecular weight is 324 g/mol. The van der Waals surface area contributed by atoms with Crippen molar-refractivity contribution in [3.05, 3.63) is 35.5 Å². The molecule has 3 aromatic rings. The van der Waals surface area contributed by atoms with Crippen LogP contribution in [-0.4, -0.2) is 21.0 Å². The molecule has 0 spiro atoms. The van der Waals surface area contributed by atoms with E-state index in [4.69, 9.17) is 9.97 Å². The van der Waals surface area contributed by atoms with Crippen LogP contribution in [0.2, 0.25) is 0 Å². The Labute approximate surface area is 140 Å². The molecule has 0 bridgehead atoms. The lowest BCUT2D eigenvalue weighted by Gasteiger charge is -2.23. The maximum atomic E-state index is 4.82. The first-order valence-corrected chi connectivity index (χ1v) is 9.06. The molecule has 1 saturated carbocycles. The Hall–Kier alpha value is -2.01. The van der Waals surface area contributed by atoms with Gasteiger partial charge in [0.15, 0.2) is 5.82 Å². The molecule has 0 radical (unpaired) electrons. The van der Waals surface area contributed by atoms with Crippen LogP contribution in [0.15, 0.2) is 30.6 Å². The van der Waals surface area contributed by atoms with Gasteiger partial charge in [0.25, 0.3) is 0 Å². The van der Waals surface area contributed by atoms with E-state index < -0.39 is 0 Å². The summed E-state index contributed by atoms with van der Waals surface area (Å²) in [5.41, 5.74) is 0.965. The zero-order valence-electron chi connectivity index (χ0n) is 13.2. The molecule has 0 unspecified atom stereocenters. The maximum Gasteiger partial charge on any atom is 0.164 e. The van der Waals surface area contributed by atoms with E-state index in [1.54, 1.807) is 17.5 Å². The van der Waals surface area contributed by atoms with Gasteiger partial charge in [-0.1, -0.05) is 19.3 Å². The molecule has 0 aromatic carbocycles. The van der Waals surface area contributed by atoms with Crippen molar-refractivity contribution in [1.29, 1.82) is 0 Å². The highest BCUT2D eigenvalue weighted by Crippen LogP contribution is 2.32. The van der Waals surface area contributed by atoms with Gasteiger partial charge in [0.05, 0.1) is 5.39 Å². The number of nitrogens with one attached hydrogen (secondary N) is 1. The number of pyridine rings is 1. The number of aryl methyl sites for hydroxylation is 1. The van der Waals surface area contributed by atoms with Crippen LogP contribution >= 0.6 is 11.3 Å². The Kier molecular flexibility index (Phi) is 3.95.